The average Bonchev–Trinajstić information content (AvgIpc) is 3.13. The van der Waals surface area contributed by atoms with Gasteiger partial charge in [0.25, 0.3) is 0 Å². The van der Waals surface area contributed by atoms with E-state index >= 15 is 0 Å². The summed E-state index contributed by atoms with van der Waals surface area (Å²) in [7, 11) is 0. The SMILES string of the molecule is C#CCN(CC1CC1)c1ccc([C@H](C)N)nc1. The van der Waals surface area contributed by atoms with Crippen molar-refractivity contribution in [2.75, 3.05) is 18.0 Å². The van der Waals surface area contributed by atoms with Crippen molar-refractivity contribution in [3.63, 3.8) is 0 Å². The van der Waals surface area contributed by atoms with Crippen molar-refractivity contribution in [2.45, 2.75) is 25.8 Å². The summed E-state index contributed by atoms with van der Waals surface area (Å²) in [5.41, 5.74) is 7.79. The zero-order chi connectivity index (χ0) is 12.3. The summed E-state index contributed by atoms with van der Waals surface area (Å²) in [6.45, 7) is 3.63. The van der Waals surface area contributed by atoms with Gasteiger partial charge in [0.15, 0.2) is 0 Å². The largest absolute Gasteiger partial charge is 0.359 e. The predicted molar refractivity (Wildman–Crippen MR) is 70.6 cm³/mol. The van der Waals surface area contributed by atoms with Crippen LogP contribution in [0.2, 0.25) is 0 Å². The molecule has 0 amide bonds. The van der Waals surface area contributed by atoms with Gasteiger partial charge in [-0.3, -0.25) is 4.98 Å². The van der Waals surface area contributed by atoms with E-state index in [0.29, 0.717) is 6.54 Å². The summed E-state index contributed by atoms with van der Waals surface area (Å²) in [5.74, 6) is 3.53. The molecule has 90 valence electrons. The summed E-state index contributed by atoms with van der Waals surface area (Å²) < 4.78 is 0. The highest BCUT2D eigenvalue weighted by molar-refractivity contribution is 5.46. The molecule has 1 heterocycles. The Hall–Kier alpha value is -1.53. The number of rotatable bonds is 5. The smallest absolute Gasteiger partial charge is 0.0792 e. The van der Waals surface area contributed by atoms with Crippen LogP contribution in [0, 0.1) is 18.3 Å². The molecule has 1 aliphatic carbocycles. The number of nitrogens with two attached hydrogens (primary N) is 1. The second-order valence-electron chi connectivity index (χ2n) is 4.76. The number of pyridine rings is 1. The lowest BCUT2D eigenvalue weighted by molar-refractivity contribution is 0.754. The van der Waals surface area contributed by atoms with Crippen molar-refractivity contribution in [2.24, 2.45) is 11.7 Å². The van der Waals surface area contributed by atoms with Crippen LogP contribution in [0.3, 0.4) is 0 Å². The lowest BCUT2D eigenvalue weighted by atomic mass is 10.2. The fourth-order valence-corrected chi connectivity index (χ4v) is 1.84. The van der Waals surface area contributed by atoms with Gasteiger partial charge in [0, 0.05) is 12.6 Å². The van der Waals surface area contributed by atoms with E-state index in [9.17, 15) is 0 Å². The molecule has 3 heteroatoms. The maximum Gasteiger partial charge on any atom is 0.0792 e. The Balaban J connectivity index is 2.08. The Morgan fingerprint density at radius 2 is 2.35 bits per heavy atom. The van der Waals surface area contributed by atoms with Gasteiger partial charge in [-0.2, -0.15) is 0 Å². The lowest BCUT2D eigenvalue weighted by Gasteiger charge is -2.22. The van der Waals surface area contributed by atoms with Gasteiger partial charge in [-0.15, -0.1) is 6.42 Å². The van der Waals surface area contributed by atoms with Crippen LogP contribution in [0.4, 0.5) is 5.69 Å². The first-order valence-corrected chi connectivity index (χ1v) is 6.10. The van der Waals surface area contributed by atoms with Crippen molar-refractivity contribution in [3.05, 3.63) is 24.0 Å². The third-order valence-electron chi connectivity index (χ3n) is 3.06. The van der Waals surface area contributed by atoms with Crippen molar-refractivity contribution in [1.29, 1.82) is 0 Å². The van der Waals surface area contributed by atoms with E-state index in [1.54, 1.807) is 0 Å². The van der Waals surface area contributed by atoms with E-state index in [2.05, 4.69) is 21.9 Å². The van der Waals surface area contributed by atoms with Crippen molar-refractivity contribution in [3.8, 4) is 12.3 Å². The summed E-state index contributed by atoms with van der Waals surface area (Å²) >= 11 is 0. The van der Waals surface area contributed by atoms with Gasteiger partial charge in [0.05, 0.1) is 24.1 Å². The molecule has 0 aromatic carbocycles. The third-order valence-corrected chi connectivity index (χ3v) is 3.06. The number of terminal acetylenes is 1. The second-order valence-corrected chi connectivity index (χ2v) is 4.76. The molecule has 1 saturated carbocycles. The molecule has 1 atom stereocenters. The van der Waals surface area contributed by atoms with E-state index in [1.165, 1.54) is 12.8 Å². The highest BCUT2D eigenvalue weighted by atomic mass is 15.1. The van der Waals surface area contributed by atoms with Crippen LogP contribution >= 0.6 is 0 Å². The third kappa shape index (κ3) is 3.21. The minimum atomic E-state index is -0.0198. The van der Waals surface area contributed by atoms with E-state index < -0.39 is 0 Å². The molecule has 0 radical (unpaired) electrons. The predicted octanol–water partition coefficient (Wildman–Crippen LogP) is 1.95. The Kier molecular flexibility index (Phi) is 3.65. The monoisotopic (exact) mass is 229 g/mol. The number of hydrogen-bond donors (Lipinski definition) is 1. The topological polar surface area (TPSA) is 42.1 Å². The first-order valence-electron chi connectivity index (χ1n) is 6.10. The van der Waals surface area contributed by atoms with E-state index in [-0.39, 0.29) is 6.04 Å². The zero-order valence-electron chi connectivity index (χ0n) is 10.3. The van der Waals surface area contributed by atoms with Crippen LogP contribution in [0.1, 0.15) is 31.5 Å². The van der Waals surface area contributed by atoms with Gasteiger partial charge in [0.2, 0.25) is 0 Å². The van der Waals surface area contributed by atoms with Gasteiger partial charge in [-0.05, 0) is 37.8 Å². The normalized spacial score (nSPS) is 16.3. The summed E-state index contributed by atoms with van der Waals surface area (Å²) in [4.78, 5) is 6.59. The van der Waals surface area contributed by atoms with Gasteiger partial charge in [0.1, 0.15) is 0 Å². The Labute approximate surface area is 103 Å². The fraction of sp³-hybridized carbons (Fsp3) is 0.500. The molecule has 0 saturated heterocycles. The Bertz CT molecular complexity index is 398. The average molecular weight is 229 g/mol. The molecule has 1 aromatic rings. The van der Waals surface area contributed by atoms with Crippen molar-refractivity contribution in [1.82, 2.24) is 4.98 Å². The number of aromatic nitrogens is 1. The van der Waals surface area contributed by atoms with Gasteiger partial charge in [-0.1, -0.05) is 5.92 Å². The number of hydrogen-bond acceptors (Lipinski definition) is 3. The summed E-state index contributed by atoms with van der Waals surface area (Å²) in [6.07, 6.45) is 9.93. The van der Waals surface area contributed by atoms with Crippen LogP contribution in [0.5, 0.6) is 0 Å². The number of anilines is 1. The second kappa shape index (κ2) is 5.20. The van der Waals surface area contributed by atoms with E-state index in [1.807, 2.05) is 19.2 Å². The molecule has 3 nitrogen and oxygen atoms in total. The minimum Gasteiger partial charge on any atom is -0.359 e. The molecule has 1 aromatic heterocycles. The fourth-order valence-electron chi connectivity index (χ4n) is 1.84. The first kappa shape index (κ1) is 11.9. The Morgan fingerprint density at radius 3 is 2.82 bits per heavy atom. The van der Waals surface area contributed by atoms with Crippen LogP contribution in [-0.4, -0.2) is 18.1 Å². The minimum absolute atomic E-state index is 0.0198. The maximum atomic E-state index is 5.78. The first-order chi connectivity index (χ1) is 8.20. The molecule has 2 rings (SSSR count). The van der Waals surface area contributed by atoms with Crippen molar-refractivity contribution < 1.29 is 0 Å². The molecule has 0 bridgehead atoms. The molecular weight excluding hydrogens is 210 g/mol. The standard InChI is InChI=1S/C14H19N3/c1-3-8-17(10-12-4-5-12)13-6-7-14(11(2)15)16-9-13/h1,6-7,9,11-12H,4-5,8,10,15H2,2H3/t11-/m0/s1. The molecule has 0 spiro atoms. The van der Waals surface area contributed by atoms with Gasteiger partial charge >= 0.3 is 0 Å². The van der Waals surface area contributed by atoms with Crippen LogP contribution in [0.15, 0.2) is 18.3 Å². The molecule has 1 aliphatic rings. The molecule has 0 aliphatic heterocycles. The Morgan fingerprint density at radius 1 is 1.59 bits per heavy atom. The molecule has 1 fully saturated rings. The molecule has 0 unspecified atom stereocenters. The highest BCUT2D eigenvalue weighted by Crippen LogP contribution is 2.31. The quantitative estimate of drug-likeness (QED) is 0.785. The highest BCUT2D eigenvalue weighted by Gasteiger charge is 2.24. The van der Waals surface area contributed by atoms with Crippen molar-refractivity contribution >= 4 is 5.69 Å². The van der Waals surface area contributed by atoms with Crippen LogP contribution in [0.25, 0.3) is 0 Å². The van der Waals surface area contributed by atoms with Crippen LogP contribution in [-0.2, 0) is 0 Å². The lowest BCUT2D eigenvalue weighted by Crippen LogP contribution is -2.26. The summed E-state index contributed by atoms with van der Waals surface area (Å²) in [6, 6.07) is 4.02. The van der Waals surface area contributed by atoms with E-state index in [4.69, 9.17) is 12.2 Å². The molecule has 17 heavy (non-hydrogen) atoms. The molecular formula is C14H19N3. The van der Waals surface area contributed by atoms with E-state index in [0.717, 1.165) is 23.8 Å². The van der Waals surface area contributed by atoms with Gasteiger partial charge < -0.3 is 10.6 Å². The maximum absolute atomic E-state index is 5.78. The van der Waals surface area contributed by atoms with Gasteiger partial charge in [-0.25, -0.2) is 0 Å². The zero-order valence-corrected chi connectivity index (χ0v) is 10.3. The molecule has 2 N–H and O–H groups in total. The summed E-state index contributed by atoms with van der Waals surface area (Å²) in [5, 5.41) is 0. The number of nitrogens with zero attached hydrogens (tertiary/aromatic N) is 2. The van der Waals surface area contributed by atoms with Crippen LogP contribution < -0.4 is 10.6 Å².